The highest BCUT2D eigenvalue weighted by molar-refractivity contribution is 6.04. The zero-order valence-electron chi connectivity index (χ0n) is 12.0. The van der Waals surface area contributed by atoms with Crippen molar-refractivity contribution in [2.24, 2.45) is 0 Å². The van der Waals surface area contributed by atoms with Crippen LogP contribution in [-0.2, 0) is 19.1 Å². The van der Waals surface area contributed by atoms with Crippen LogP contribution in [0.2, 0.25) is 0 Å². The second kappa shape index (κ2) is 6.55. The summed E-state index contributed by atoms with van der Waals surface area (Å²) in [4.78, 5) is 49.1. The predicted octanol–water partition coefficient (Wildman–Crippen LogP) is -0.518. The Hall–Kier alpha value is -2.12. The van der Waals surface area contributed by atoms with Gasteiger partial charge in [0.05, 0.1) is 13.7 Å². The van der Waals surface area contributed by atoms with Crippen molar-refractivity contribution in [2.45, 2.75) is 31.7 Å². The molecule has 0 radical (unpaired) electrons. The molecule has 1 aliphatic heterocycles. The van der Waals surface area contributed by atoms with Gasteiger partial charge in [-0.05, 0) is 12.8 Å². The SMILES string of the molecule is COC(=O)CN(C(=O)CN1C(=O)CNC1=O)C1CCCC1. The first-order valence-electron chi connectivity index (χ1n) is 6.97. The maximum atomic E-state index is 12.4. The minimum Gasteiger partial charge on any atom is -0.468 e. The lowest BCUT2D eigenvalue weighted by Gasteiger charge is -2.29. The predicted molar refractivity (Wildman–Crippen MR) is 71.1 cm³/mol. The highest BCUT2D eigenvalue weighted by Crippen LogP contribution is 2.23. The van der Waals surface area contributed by atoms with Gasteiger partial charge in [-0.15, -0.1) is 0 Å². The number of rotatable bonds is 5. The summed E-state index contributed by atoms with van der Waals surface area (Å²) in [6.07, 6.45) is 3.64. The van der Waals surface area contributed by atoms with Gasteiger partial charge in [-0.25, -0.2) is 4.79 Å². The van der Waals surface area contributed by atoms with Gasteiger partial charge in [-0.3, -0.25) is 19.3 Å². The maximum absolute atomic E-state index is 12.4. The van der Waals surface area contributed by atoms with Crippen LogP contribution in [0.4, 0.5) is 4.79 Å². The Morgan fingerprint density at radius 3 is 2.52 bits per heavy atom. The molecule has 8 heteroatoms. The van der Waals surface area contributed by atoms with Crippen LogP contribution >= 0.6 is 0 Å². The first-order chi connectivity index (χ1) is 10.0. The van der Waals surface area contributed by atoms with Crippen molar-refractivity contribution in [2.75, 3.05) is 26.7 Å². The van der Waals surface area contributed by atoms with Crippen molar-refractivity contribution in [1.29, 1.82) is 0 Å². The van der Waals surface area contributed by atoms with Gasteiger partial charge in [0.2, 0.25) is 5.91 Å². The first-order valence-corrected chi connectivity index (χ1v) is 6.97. The second-order valence-corrected chi connectivity index (χ2v) is 5.17. The molecule has 1 heterocycles. The molecule has 0 spiro atoms. The van der Waals surface area contributed by atoms with Crippen LogP contribution in [-0.4, -0.2) is 66.4 Å². The van der Waals surface area contributed by atoms with Crippen LogP contribution in [0.25, 0.3) is 0 Å². The van der Waals surface area contributed by atoms with Gasteiger partial charge >= 0.3 is 12.0 Å². The van der Waals surface area contributed by atoms with E-state index in [9.17, 15) is 19.2 Å². The fourth-order valence-electron chi connectivity index (χ4n) is 2.68. The van der Waals surface area contributed by atoms with Crippen molar-refractivity contribution in [3.05, 3.63) is 0 Å². The van der Waals surface area contributed by atoms with E-state index in [-0.39, 0.29) is 25.7 Å². The summed E-state index contributed by atoms with van der Waals surface area (Å²) in [5.41, 5.74) is 0. The van der Waals surface area contributed by atoms with E-state index in [1.165, 1.54) is 12.0 Å². The number of hydrogen-bond acceptors (Lipinski definition) is 5. The number of methoxy groups -OCH3 is 1. The molecular formula is C13H19N3O5. The fraction of sp³-hybridized carbons (Fsp3) is 0.692. The highest BCUT2D eigenvalue weighted by Gasteiger charge is 2.34. The molecule has 2 aliphatic rings. The Morgan fingerprint density at radius 1 is 1.33 bits per heavy atom. The fourth-order valence-corrected chi connectivity index (χ4v) is 2.68. The van der Waals surface area contributed by atoms with Crippen LogP contribution in [0.15, 0.2) is 0 Å². The van der Waals surface area contributed by atoms with Gasteiger partial charge in [0, 0.05) is 6.04 Å². The number of imide groups is 1. The van der Waals surface area contributed by atoms with E-state index in [4.69, 9.17) is 0 Å². The average molecular weight is 297 g/mol. The Kier molecular flexibility index (Phi) is 4.77. The molecule has 0 aromatic rings. The maximum Gasteiger partial charge on any atom is 0.325 e. The molecule has 0 atom stereocenters. The number of carbonyl (C=O) groups is 4. The molecule has 116 valence electrons. The van der Waals surface area contributed by atoms with Crippen molar-refractivity contribution in [1.82, 2.24) is 15.1 Å². The Bertz CT molecular complexity index is 443. The third kappa shape index (κ3) is 3.50. The van der Waals surface area contributed by atoms with Gasteiger partial charge in [-0.2, -0.15) is 0 Å². The topological polar surface area (TPSA) is 96.0 Å². The highest BCUT2D eigenvalue weighted by atomic mass is 16.5. The number of carbonyl (C=O) groups excluding carboxylic acids is 4. The summed E-state index contributed by atoms with van der Waals surface area (Å²) in [7, 11) is 1.26. The lowest BCUT2D eigenvalue weighted by molar-refractivity contribution is -0.149. The van der Waals surface area contributed by atoms with Gasteiger partial charge in [-0.1, -0.05) is 12.8 Å². The number of nitrogens with one attached hydrogen (secondary N) is 1. The van der Waals surface area contributed by atoms with E-state index in [2.05, 4.69) is 10.1 Å². The number of hydrogen-bond donors (Lipinski definition) is 1. The summed E-state index contributed by atoms with van der Waals surface area (Å²) < 4.78 is 4.61. The standard InChI is InChI=1S/C13H19N3O5/c1-21-12(19)8-15(9-4-2-3-5-9)11(18)7-16-10(17)6-14-13(16)20/h9H,2-8H2,1H3,(H,14,20). The van der Waals surface area contributed by atoms with Crippen molar-refractivity contribution >= 4 is 23.8 Å². The molecule has 2 rings (SSSR count). The Labute approximate surface area is 122 Å². The average Bonchev–Trinajstić information content (AvgIpc) is 3.09. The molecule has 0 aromatic carbocycles. The van der Waals surface area contributed by atoms with Crippen molar-refractivity contribution in [3.63, 3.8) is 0 Å². The molecule has 0 bridgehead atoms. The van der Waals surface area contributed by atoms with Crippen LogP contribution in [0.1, 0.15) is 25.7 Å². The molecule has 4 amide bonds. The van der Waals surface area contributed by atoms with Crippen molar-refractivity contribution in [3.8, 4) is 0 Å². The molecule has 21 heavy (non-hydrogen) atoms. The van der Waals surface area contributed by atoms with E-state index in [0.717, 1.165) is 30.6 Å². The summed E-state index contributed by atoms with van der Waals surface area (Å²) in [6, 6.07) is -0.602. The minimum atomic E-state index is -0.571. The lowest BCUT2D eigenvalue weighted by atomic mass is 10.2. The van der Waals surface area contributed by atoms with E-state index >= 15 is 0 Å². The normalized spacial score (nSPS) is 18.8. The molecule has 1 saturated carbocycles. The lowest BCUT2D eigenvalue weighted by Crippen LogP contribution is -2.48. The first kappa shape index (κ1) is 15.3. The third-order valence-electron chi connectivity index (χ3n) is 3.84. The Morgan fingerprint density at radius 2 is 2.00 bits per heavy atom. The van der Waals surface area contributed by atoms with E-state index < -0.39 is 23.8 Å². The van der Waals surface area contributed by atoms with Gasteiger partial charge in [0.15, 0.2) is 0 Å². The smallest absolute Gasteiger partial charge is 0.325 e. The van der Waals surface area contributed by atoms with Crippen molar-refractivity contribution < 1.29 is 23.9 Å². The number of esters is 1. The summed E-state index contributed by atoms with van der Waals surface area (Å²) >= 11 is 0. The van der Waals surface area contributed by atoms with Crippen LogP contribution in [0.3, 0.4) is 0 Å². The van der Waals surface area contributed by atoms with E-state index in [0.29, 0.717) is 0 Å². The van der Waals surface area contributed by atoms with Crippen LogP contribution in [0.5, 0.6) is 0 Å². The van der Waals surface area contributed by atoms with Gasteiger partial charge in [0.1, 0.15) is 13.1 Å². The number of ether oxygens (including phenoxy) is 1. The molecule has 1 aliphatic carbocycles. The molecule has 1 saturated heterocycles. The number of amides is 4. The van der Waals surface area contributed by atoms with E-state index in [1.807, 2.05) is 0 Å². The number of nitrogens with zero attached hydrogens (tertiary/aromatic N) is 2. The van der Waals surface area contributed by atoms with Gasteiger partial charge in [0.25, 0.3) is 5.91 Å². The molecular weight excluding hydrogens is 278 g/mol. The Balaban J connectivity index is 2.04. The van der Waals surface area contributed by atoms with Gasteiger partial charge < -0.3 is 15.0 Å². The molecule has 0 unspecified atom stereocenters. The number of urea groups is 1. The third-order valence-corrected chi connectivity index (χ3v) is 3.84. The molecule has 8 nitrogen and oxygen atoms in total. The molecule has 2 fully saturated rings. The zero-order valence-corrected chi connectivity index (χ0v) is 12.0. The largest absolute Gasteiger partial charge is 0.468 e. The summed E-state index contributed by atoms with van der Waals surface area (Å²) in [5, 5.41) is 2.36. The monoisotopic (exact) mass is 297 g/mol. The second-order valence-electron chi connectivity index (χ2n) is 5.17. The van der Waals surface area contributed by atoms with Crippen LogP contribution in [0, 0.1) is 0 Å². The summed E-state index contributed by atoms with van der Waals surface area (Å²) in [6.45, 7) is -0.575. The molecule has 0 aromatic heterocycles. The van der Waals surface area contributed by atoms with Crippen LogP contribution < -0.4 is 5.32 Å². The minimum absolute atomic E-state index is 0.0302. The molecule has 1 N–H and O–H groups in total. The van der Waals surface area contributed by atoms with E-state index in [1.54, 1.807) is 0 Å². The zero-order chi connectivity index (χ0) is 15.4. The quantitative estimate of drug-likeness (QED) is 0.544. The summed E-state index contributed by atoms with van der Waals surface area (Å²) in [5.74, 6) is -1.34.